The van der Waals surface area contributed by atoms with Crippen LogP contribution in [0.2, 0.25) is 0 Å². The summed E-state index contributed by atoms with van der Waals surface area (Å²) < 4.78 is 18.8. The lowest BCUT2D eigenvalue weighted by Gasteiger charge is -2.33. The second-order valence-electron chi connectivity index (χ2n) is 8.64. The van der Waals surface area contributed by atoms with Gasteiger partial charge < -0.3 is 14.6 Å². The van der Waals surface area contributed by atoms with Gasteiger partial charge in [-0.05, 0) is 68.1 Å². The van der Waals surface area contributed by atoms with Crippen molar-refractivity contribution in [2.75, 3.05) is 18.4 Å². The van der Waals surface area contributed by atoms with E-state index >= 15 is 0 Å². The van der Waals surface area contributed by atoms with Crippen molar-refractivity contribution in [2.45, 2.75) is 56.9 Å². The number of amides is 1. The molecule has 3 aliphatic rings. The van der Waals surface area contributed by atoms with Gasteiger partial charge in [-0.1, -0.05) is 17.2 Å². The number of nitrogens with one attached hydrogen (secondary N) is 1. The first-order valence-electron chi connectivity index (χ1n) is 10.2. The van der Waals surface area contributed by atoms with E-state index in [0.717, 1.165) is 37.9 Å². The molecule has 1 aromatic carbocycles. The lowest BCUT2D eigenvalue weighted by Crippen LogP contribution is -2.45. The summed E-state index contributed by atoms with van der Waals surface area (Å²) in [6, 6.07) is 6.46. The average molecular weight is 384 g/mol. The highest BCUT2D eigenvalue weighted by molar-refractivity contribution is 5.83. The average Bonchev–Trinajstić information content (AvgIpc) is 3.61. The fourth-order valence-corrected chi connectivity index (χ4v) is 4.39. The molecule has 1 amide bonds. The first kappa shape index (κ1) is 17.6. The van der Waals surface area contributed by atoms with E-state index in [1.54, 1.807) is 12.1 Å². The number of anilines is 1. The van der Waals surface area contributed by atoms with Crippen LogP contribution in [0, 0.1) is 11.2 Å². The molecule has 1 aliphatic heterocycles. The summed E-state index contributed by atoms with van der Waals surface area (Å²) in [7, 11) is 0. The van der Waals surface area contributed by atoms with Gasteiger partial charge in [0.2, 0.25) is 11.8 Å². The molecule has 2 saturated carbocycles. The second-order valence-corrected chi connectivity index (χ2v) is 8.64. The Bertz CT molecular complexity index is 867. The molecule has 3 atom stereocenters. The highest BCUT2D eigenvalue weighted by Gasteiger charge is 2.46. The summed E-state index contributed by atoms with van der Waals surface area (Å²) in [5.41, 5.74) is 1.64. The number of rotatable bonds is 5. The molecule has 6 nitrogen and oxygen atoms in total. The first-order chi connectivity index (χ1) is 13.5. The van der Waals surface area contributed by atoms with Crippen molar-refractivity contribution in [3.63, 3.8) is 0 Å². The van der Waals surface area contributed by atoms with Crippen LogP contribution >= 0.6 is 0 Å². The Morgan fingerprint density at radius 2 is 1.89 bits per heavy atom. The maximum atomic E-state index is 13.1. The number of benzene rings is 1. The highest BCUT2D eigenvalue weighted by atomic mass is 19.1. The van der Waals surface area contributed by atoms with Crippen LogP contribution in [-0.4, -0.2) is 40.1 Å². The number of likely N-dealkylation sites (tertiary alicyclic amines) is 1. The molecule has 3 fully saturated rings. The SMILES string of the molecule is C[C@@H](Nc1nnc([C@@H]2C[C@@H]2c2ccc(F)cc2)o1)C(=O)N1CCC2(CC1)CC2. The Morgan fingerprint density at radius 1 is 1.18 bits per heavy atom. The molecular formula is C21H25FN4O2. The first-order valence-corrected chi connectivity index (χ1v) is 10.2. The minimum absolute atomic E-state index is 0.0888. The van der Waals surface area contributed by atoms with Gasteiger partial charge in [0.1, 0.15) is 11.9 Å². The minimum atomic E-state index is -0.395. The smallest absolute Gasteiger partial charge is 0.316 e. The van der Waals surface area contributed by atoms with E-state index in [4.69, 9.17) is 4.42 Å². The number of carbonyl (C=O) groups is 1. The van der Waals surface area contributed by atoms with Gasteiger partial charge >= 0.3 is 6.01 Å². The molecular weight excluding hydrogens is 359 g/mol. The van der Waals surface area contributed by atoms with Crippen LogP contribution in [0.5, 0.6) is 0 Å². The zero-order chi connectivity index (χ0) is 19.3. The quantitative estimate of drug-likeness (QED) is 0.851. The number of nitrogens with zero attached hydrogens (tertiary/aromatic N) is 3. The van der Waals surface area contributed by atoms with Gasteiger partial charge in [0.25, 0.3) is 0 Å². The number of piperidine rings is 1. The van der Waals surface area contributed by atoms with Crippen molar-refractivity contribution >= 4 is 11.9 Å². The molecule has 1 saturated heterocycles. The maximum absolute atomic E-state index is 13.1. The fourth-order valence-electron chi connectivity index (χ4n) is 4.39. The fraction of sp³-hybridized carbons (Fsp3) is 0.571. The Morgan fingerprint density at radius 3 is 2.57 bits per heavy atom. The monoisotopic (exact) mass is 384 g/mol. The minimum Gasteiger partial charge on any atom is -0.408 e. The molecule has 1 N–H and O–H groups in total. The molecule has 0 unspecified atom stereocenters. The normalized spacial score (nSPS) is 26.1. The van der Waals surface area contributed by atoms with Crippen LogP contribution in [0.3, 0.4) is 0 Å². The lowest BCUT2D eigenvalue weighted by atomic mass is 9.93. The van der Waals surface area contributed by atoms with Crippen molar-refractivity contribution in [3.8, 4) is 0 Å². The van der Waals surface area contributed by atoms with E-state index in [-0.39, 0.29) is 29.6 Å². The van der Waals surface area contributed by atoms with Crippen molar-refractivity contribution in [1.29, 1.82) is 0 Å². The van der Waals surface area contributed by atoms with E-state index in [9.17, 15) is 9.18 Å². The molecule has 148 valence electrons. The molecule has 5 rings (SSSR count). The molecule has 28 heavy (non-hydrogen) atoms. The van der Waals surface area contributed by atoms with Crippen LogP contribution in [0.4, 0.5) is 10.4 Å². The predicted molar refractivity (Wildman–Crippen MR) is 101 cm³/mol. The van der Waals surface area contributed by atoms with Gasteiger partial charge in [0.05, 0.1) is 0 Å². The zero-order valence-corrected chi connectivity index (χ0v) is 16.0. The van der Waals surface area contributed by atoms with Gasteiger partial charge in [-0.25, -0.2) is 4.39 Å². The molecule has 2 aromatic rings. The summed E-state index contributed by atoms with van der Waals surface area (Å²) in [4.78, 5) is 14.6. The van der Waals surface area contributed by atoms with Crippen molar-refractivity contribution in [3.05, 3.63) is 41.5 Å². The lowest BCUT2D eigenvalue weighted by molar-refractivity contribution is -0.133. The molecule has 0 radical (unpaired) electrons. The number of aromatic nitrogens is 2. The highest BCUT2D eigenvalue weighted by Crippen LogP contribution is 2.54. The summed E-state index contributed by atoms with van der Waals surface area (Å²) in [5, 5.41) is 11.3. The topological polar surface area (TPSA) is 71.3 Å². The zero-order valence-electron chi connectivity index (χ0n) is 16.0. The Balaban J connectivity index is 1.16. The number of hydrogen-bond donors (Lipinski definition) is 1. The predicted octanol–water partition coefficient (Wildman–Crippen LogP) is 3.68. The standard InChI is InChI=1S/C21H25FN4O2/c1-13(19(27)26-10-8-21(6-7-21)9-11-26)23-20-25-24-18(28-20)17-12-16(17)14-2-4-15(22)5-3-14/h2-5,13,16-17H,6-12H2,1H3,(H,23,25)/t13-,16-,17-/m1/s1. The second kappa shape index (κ2) is 6.57. The third-order valence-corrected chi connectivity index (χ3v) is 6.65. The maximum Gasteiger partial charge on any atom is 0.316 e. The van der Waals surface area contributed by atoms with Crippen LogP contribution in [0.15, 0.2) is 28.7 Å². The molecule has 7 heteroatoms. The Hall–Kier alpha value is -2.44. The van der Waals surface area contributed by atoms with E-state index in [1.807, 2.05) is 11.8 Å². The molecule has 1 aromatic heterocycles. The molecule has 1 spiro atoms. The molecule has 0 bridgehead atoms. The van der Waals surface area contributed by atoms with Crippen LogP contribution in [0.1, 0.15) is 62.3 Å². The third kappa shape index (κ3) is 3.38. The summed E-state index contributed by atoms with van der Waals surface area (Å²) in [6.45, 7) is 3.54. The summed E-state index contributed by atoms with van der Waals surface area (Å²) in [5.74, 6) is 0.883. The van der Waals surface area contributed by atoms with E-state index in [0.29, 0.717) is 11.3 Å². The summed E-state index contributed by atoms with van der Waals surface area (Å²) in [6.07, 6.45) is 5.82. The van der Waals surface area contributed by atoms with Crippen LogP contribution < -0.4 is 5.32 Å². The number of hydrogen-bond acceptors (Lipinski definition) is 5. The Labute approximate surface area is 163 Å². The van der Waals surface area contributed by atoms with Gasteiger partial charge in [-0.15, -0.1) is 5.10 Å². The number of carbonyl (C=O) groups excluding carboxylic acids is 1. The largest absolute Gasteiger partial charge is 0.408 e. The molecule has 2 heterocycles. The van der Waals surface area contributed by atoms with Crippen molar-refractivity contribution in [2.24, 2.45) is 5.41 Å². The Kier molecular flexibility index (Phi) is 4.14. The van der Waals surface area contributed by atoms with Crippen molar-refractivity contribution in [1.82, 2.24) is 15.1 Å². The van der Waals surface area contributed by atoms with Crippen LogP contribution in [0.25, 0.3) is 0 Å². The van der Waals surface area contributed by atoms with Gasteiger partial charge in [0, 0.05) is 19.0 Å². The third-order valence-electron chi connectivity index (χ3n) is 6.65. The van der Waals surface area contributed by atoms with Gasteiger partial charge in [-0.3, -0.25) is 4.79 Å². The van der Waals surface area contributed by atoms with Crippen molar-refractivity contribution < 1.29 is 13.6 Å². The molecule has 2 aliphatic carbocycles. The van der Waals surface area contributed by atoms with Gasteiger partial charge in [-0.2, -0.15) is 0 Å². The summed E-state index contributed by atoms with van der Waals surface area (Å²) >= 11 is 0. The van der Waals surface area contributed by atoms with E-state index < -0.39 is 6.04 Å². The van der Waals surface area contributed by atoms with Crippen LogP contribution in [-0.2, 0) is 4.79 Å². The number of halogens is 1. The van der Waals surface area contributed by atoms with Gasteiger partial charge in [0.15, 0.2) is 0 Å². The van der Waals surface area contributed by atoms with E-state index in [2.05, 4.69) is 15.5 Å². The van der Waals surface area contributed by atoms with E-state index in [1.165, 1.54) is 25.0 Å².